The van der Waals surface area contributed by atoms with E-state index in [1.54, 1.807) is 9.80 Å². The maximum Gasteiger partial charge on any atom is 0.435 e. The van der Waals surface area contributed by atoms with Crippen LogP contribution in [-0.4, -0.2) is 93.1 Å². The van der Waals surface area contributed by atoms with Gasteiger partial charge in [0.25, 0.3) is 11.8 Å². The molecule has 3 aliphatic rings. The number of urea groups is 1. The van der Waals surface area contributed by atoms with Crippen LogP contribution in [0.15, 0.2) is 24.4 Å². The van der Waals surface area contributed by atoms with Crippen LogP contribution in [0.1, 0.15) is 68.8 Å². The second-order valence-electron chi connectivity index (χ2n) is 11.3. The predicted octanol–water partition coefficient (Wildman–Crippen LogP) is 3.35. The lowest BCUT2D eigenvalue weighted by atomic mass is 9.80. The van der Waals surface area contributed by atoms with Crippen molar-refractivity contribution < 1.29 is 27.6 Å². The molecule has 16 heteroatoms. The number of H-pyrrole nitrogens is 2. The molecule has 0 radical (unpaired) electrons. The van der Waals surface area contributed by atoms with E-state index >= 15 is 0 Å². The number of amides is 4. The highest BCUT2D eigenvalue weighted by Crippen LogP contribution is 2.41. The second-order valence-corrected chi connectivity index (χ2v) is 11.7. The quantitative estimate of drug-likeness (QED) is 0.269. The van der Waals surface area contributed by atoms with Gasteiger partial charge in [-0.15, -0.1) is 0 Å². The molecule has 3 fully saturated rings. The van der Waals surface area contributed by atoms with Crippen LogP contribution in [0.5, 0.6) is 0 Å². The number of nitrogens with one attached hydrogen (secondary N) is 5. The van der Waals surface area contributed by atoms with Gasteiger partial charge >= 0.3 is 12.2 Å². The van der Waals surface area contributed by atoms with Crippen molar-refractivity contribution in [1.82, 2.24) is 40.6 Å². The van der Waals surface area contributed by atoms with Gasteiger partial charge in [-0.25, -0.2) is 9.78 Å². The summed E-state index contributed by atoms with van der Waals surface area (Å²) in [5.74, 6) is -0.995. The number of piperazine rings is 1. The van der Waals surface area contributed by atoms with E-state index < -0.39 is 17.8 Å². The van der Waals surface area contributed by atoms with E-state index in [9.17, 15) is 27.6 Å². The number of alkyl halides is 3. The van der Waals surface area contributed by atoms with Crippen molar-refractivity contribution in [2.75, 3.05) is 44.6 Å². The number of benzene rings is 1. The third-order valence-electron chi connectivity index (χ3n) is 8.31. The van der Waals surface area contributed by atoms with E-state index in [1.807, 2.05) is 0 Å². The van der Waals surface area contributed by atoms with E-state index in [4.69, 9.17) is 11.6 Å². The molecule has 6 rings (SSSR count). The zero-order chi connectivity index (χ0) is 31.0. The first kappa shape index (κ1) is 29.9. The van der Waals surface area contributed by atoms with Gasteiger partial charge in [0.05, 0.1) is 16.6 Å². The molecule has 4 heterocycles. The SMILES string of the molecule is O=C(Nc1ccc(C(=O)N2CCN(C(=O)NC3CNC3)CC2)c(Cl)c1)c1ncc(Cc2c(C(F)(F)F)n[nH]c2C2CCC2)[nH]1. The number of rotatable bonds is 7. The van der Waals surface area contributed by atoms with Gasteiger partial charge in [-0.05, 0) is 31.0 Å². The maximum atomic E-state index is 13.6. The molecule has 12 nitrogen and oxygen atoms in total. The first-order valence-electron chi connectivity index (χ1n) is 14.4. The predicted molar refractivity (Wildman–Crippen MR) is 154 cm³/mol. The van der Waals surface area contributed by atoms with Crippen LogP contribution in [0.25, 0.3) is 0 Å². The minimum absolute atomic E-state index is 0.00423. The Balaban J connectivity index is 1.06. The number of imidazole rings is 1. The highest BCUT2D eigenvalue weighted by Gasteiger charge is 2.40. The van der Waals surface area contributed by atoms with E-state index in [1.165, 1.54) is 24.4 Å². The van der Waals surface area contributed by atoms with Crippen LogP contribution in [0.3, 0.4) is 0 Å². The molecular weight excluding hydrogens is 603 g/mol. The van der Waals surface area contributed by atoms with Gasteiger partial charge in [-0.2, -0.15) is 18.3 Å². The fourth-order valence-electron chi connectivity index (χ4n) is 5.48. The van der Waals surface area contributed by atoms with E-state index in [-0.39, 0.29) is 52.3 Å². The molecule has 2 aliphatic heterocycles. The summed E-state index contributed by atoms with van der Waals surface area (Å²) in [5.41, 5.74) is 0.468. The number of carbonyl (C=O) groups is 3. The highest BCUT2D eigenvalue weighted by molar-refractivity contribution is 6.34. The maximum absolute atomic E-state index is 13.6. The topological polar surface area (TPSA) is 151 Å². The molecule has 1 aliphatic carbocycles. The summed E-state index contributed by atoms with van der Waals surface area (Å²) in [5, 5.41) is 14.9. The Morgan fingerprint density at radius 3 is 2.41 bits per heavy atom. The van der Waals surface area contributed by atoms with Crippen molar-refractivity contribution in [2.45, 2.75) is 43.8 Å². The lowest BCUT2D eigenvalue weighted by Crippen LogP contribution is -2.61. The third kappa shape index (κ3) is 6.24. The number of aromatic amines is 2. The van der Waals surface area contributed by atoms with Crippen LogP contribution in [0.4, 0.5) is 23.7 Å². The molecule has 2 aromatic heterocycles. The Hall–Kier alpha value is -4.11. The smallest absolute Gasteiger partial charge is 0.337 e. The van der Waals surface area contributed by atoms with Gasteiger partial charge in [-0.1, -0.05) is 18.0 Å². The van der Waals surface area contributed by atoms with Crippen molar-refractivity contribution in [1.29, 1.82) is 0 Å². The minimum Gasteiger partial charge on any atom is -0.337 e. The number of halogens is 4. The lowest BCUT2D eigenvalue weighted by Gasteiger charge is -2.37. The van der Waals surface area contributed by atoms with Crippen molar-refractivity contribution in [2.24, 2.45) is 0 Å². The number of nitrogens with zero attached hydrogens (tertiary/aromatic N) is 4. The first-order valence-corrected chi connectivity index (χ1v) is 14.8. The Labute approximate surface area is 255 Å². The summed E-state index contributed by atoms with van der Waals surface area (Å²) in [6.07, 6.45) is -0.854. The molecule has 0 spiro atoms. The molecule has 2 saturated heterocycles. The molecule has 5 N–H and O–H groups in total. The minimum atomic E-state index is -4.61. The van der Waals surface area contributed by atoms with Crippen molar-refractivity contribution >= 4 is 35.1 Å². The standard InChI is InChI=1S/C28H31ClF3N9O3/c29-21-11-16(4-5-19(21)26(43)40-6-8-41(9-7-40)27(44)37-18-12-33-13-18)36-25(42)24-34-14-17(35-24)10-20-22(15-2-1-3-15)38-39-23(20)28(30,31)32/h4-5,11,14-15,18,33H,1-3,6-10,12-13H2,(H,34,35)(H,36,42)(H,37,44)(H,38,39). The van der Waals surface area contributed by atoms with Crippen molar-refractivity contribution in [3.63, 3.8) is 0 Å². The molecule has 0 atom stereocenters. The van der Waals surface area contributed by atoms with Crippen LogP contribution in [0.2, 0.25) is 5.02 Å². The zero-order valence-electron chi connectivity index (χ0n) is 23.6. The summed E-state index contributed by atoms with van der Waals surface area (Å²) >= 11 is 6.42. The largest absolute Gasteiger partial charge is 0.435 e. The summed E-state index contributed by atoms with van der Waals surface area (Å²) < 4.78 is 40.8. The molecule has 0 bridgehead atoms. The van der Waals surface area contributed by atoms with E-state index in [0.29, 0.717) is 43.3 Å². The number of aromatic nitrogens is 4. The molecule has 0 unspecified atom stereocenters. The molecular formula is C28H31ClF3N9O3. The van der Waals surface area contributed by atoms with Gasteiger partial charge in [0.15, 0.2) is 11.5 Å². The van der Waals surface area contributed by atoms with Crippen LogP contribution in [-0.2, 0) is 12.6 Å². The summed E-state index contributed by atoms with van der Waals surface area (Å²) in [7, 11) is 0. The first-order chi connectivity index (χ1) is 21.1. The van der Waals surface area contributed by atoms with Crippen LogP contribution in [0, 0.1) is 0 Å². The summed E-state index contributed by atoms with van der Waals surface area (Å²) in [6.45, 7) is 3.01. The van der Waals surface area contributed by atoms with Crippen molar-refractivity contribution in [3.8, 4) is 0 Å². The average Bonchev–Trinajstić information content (AvgIpc) is 3.57. The normalized spacial score (nSPS) is 17.6. The number of carbonyl (C=O) groups excluding carboxylic acids is 3. The highest BCUT2D eigenvalue weighted by atomic mass is 35.5. The monoisotopic (exact) mass is 633 g/mol. The number of hydrogen-bond acceptors (Lipinski definition) is 6. The van der Waals surface area contributed by atoms with Gasteiger partial charge in [0, 0.05) is 80.4 Å². The van der Waals surface area contributed by atoms with Crippen LogP contribution < -0.4 is 16.0 Å². The fourth-order valence-corrected chi connectivity index (χ4v) is 5.74. The Kier molecular flexibility index (Phi) is 8.24. The molecule has 3 aromatic rings. The molecule has 1 saturated carbocycles. The van der Waals surface area contributed by atoms with Gasteiger partial charge in [0.2, 0.25) is 0 Å². The lowest BCUT2D eigenvalue weighted by molar-refractivity contribution is -0.141. The Morgan fingerprint density at radius 2 is 1.80 bits per heavy atom. The molecule has 1 aromatic carbocycles. The van der Waals surface area contributed by atoms with Gasteiger partial charge in [0.1, 0.15) is 0 Å². The third-order valence-corrected chi connectivity index (χ3v) is 8.63. The molecule has 44 heavy (non-hydrogen) atoms. The summed E-state index contributed by atoms with van der Waals surface area (Å²) in [6, 6.07) is 4.47. The number of hydrogen-bond donors (Lipinski definition) is 5. The second kappa shape index (κ2) is 12.1. The van der Waals surface area contributed by atoms with Gasteiger partial charge < -0.3 is 30.7 Å². The average molecular weight is 634 g/mol. The Bertz CT molecular complexity index is 1560. The van der Waals surface area contributed by atoms with Crippen molar-refractivity contribution in [3.05, 3.63) is 63.5 Å². The summed E-state index contributed by atoms with van der Waals surface area (Å²) in [4.78, 5) is 48.6. The molecule has 4 amide bonds. The van der Waals surface area contributed by atoms with Crippen LogP contribution >= 0.6 is 11.6 Å². The van der Waals surface area contributed by atoms with E-state index in [0.717, 1.165) is 32.4 Å². The Morgan fingerprint density at radius 1 is 1.07 bits per heavy atom. The van der Waals surface area contributed by atoms with E-state index in [2.05, 4.69) is 36.1 Å². The number of anilines is 1. The molecule has 234 valence electrons. The fraction of sp³-hybridized carbons (Fsp3) is 0.464. The van der Waals surface area contributed by atoms with Gasteiger partial charge in [-0.3, -0.25) is 14.7 Å². The zero-order valence-corrected chi connectivity index (χ0v) is 24.3.